The molecule has 0 atom stereocenters. The third-order valence-corrected chi connectivity index (χ3v) is 2.90. The fraction of sp³-hybridized carbons (Fsp3) is 0.385. The molecular weight excluding hydrogens is 226 g/mol. The van der Waals surface area contributed by atoms with Crippen LogP contribution in [0.2, 0.25) is 0 Å². The Morgan fingerprint density at radius 3 is 2.83 bits per heavy atom. The number of nitrogens with one attached hydrogen (secondary N) is 1. The molecular formula is C13H19N5. The first kappa shape index (κ1) is 12.6. The molecule has 1 saturated heterocycles. The number of anilines is 1. The highest BCUT2D eigenvalue weighted by Crippen LogP contribution is 2.21. The quantitative estimate of drug-likeness (QED) is 0.779. The molecule has 0 radical (unpaired) electrons. The van der Waals surface area contributed by atoms with Crippen molar-refractivity contribution in [3.05, 3.63) is 30.1 Å². The molecule has 1 fully saturated rings. The van der Waals surface area contributed by atoms with E-state index in [4.69, 9.17) is 5.73 Å². The van der Waals surface area contributed by atoms with Gasteiger partial charge in [0.2, 0.25) is 0 Å². The van der Waals surface area contributed by atoms with Gasteiger partial charge in [0.1, 0.15) is 0 Å². The standard InChI is InChI=1S/C13H19N5/c1-11-12(18-9-7-15-8-10-18)3-4-13(17-11)16-6-2-5-14/h2-6,15H,7-10,14H2,1H3/b5-2-,16-6?. The Kier molecular flexibility index (Phi) is 4.30. The first-order valence-corrected chi connectivity index (χ1v) is 6.15. The fourth-order valence-corrected chi connectivity index (χ4v) is 2.02. The van der Waals surface area contributed by atoms with E-state index in [1.54, 1.807) is 12.3 Å². The van der Waals surface area contributed by atoms with Crippen LogP contribution in [0.5, 0.6) is 0 Å². The average molecular weight is 245 g/mol. The largest absolute Gasteiger partial charge is 0.405 e. The minimum absolute atomic E-state index is 0.712. The molecule has 2 heterocycles. The van der Waals surface area contributed by atoms with Gasteiger partial charge in [0.05, 0.1) is 11.4 Å². The normalized spacial score (nSPS) is 16.8. The number of aromatic nitrogens is 1. The SMILES string of the molecule is Cc1nc(N=C/C=C\N)ccc1N1CCNCC1. The number of aliphatic imine (C=N–C) groups is 1. The summed E-state index contributed by atoms with van der Waals surface area (Å²) in [6, 6.07) is 4.03. The second-order valence-corrected chi connectivity index (χ2v) is 4.17. The summed E-state index contributed by atoms with van der Waals surface area (Å²) in [5.74, 6) is 0.712. The van der Waals surface area contributed by atoms with Crippen LogP contribution in [0.3, 0.4) is 0 Å². The number of hydrogen-bond acceptors (Lipinski definition) is 5. The van der Waals surface area contributed by atoms with Crippen LogP contribution in [-0.2, 0) is 0 Å². The van der Waals surface area contributed by atoms with Gasteiger partial charge < -0.3 is 16.0 Å². The van der Waals surface area contributed by atoms with Gasteiger partial charge in [-0.15, -0.1) is 0 Å². The van der Waals surface area contributed by atoms with Crippen molar-refractivity contribution in [2.75, 3.05) is 31.1 Å². The molecule has 1 aliphatic heterocycles. The number of rotatable bonds is 3. The number of aryl methyl sites for hydroxylation is 1. The minimum Gasteiger partial charge on any atom is -0.405 e. The maximum absolute atomic E-state index is 5.24. The van der Waals surface area contributed by atoms with Gasteiger partial charge in [-0.05, 0) is 31.3 Å². The summed E-state index contributed by atoms with van der Waals surface area (Å²) < 4.78 is 0. The molecule has 0 aromatic carbocycles. The molecule has 0 saturated carbocycles. The van der Waals surface area contributed by atoms with Gasteiger partial charge in [0.25, 0.3) is 0 Å². The summed E-state index contributed by atoms with van der Waals surface area (Å²) in [6.45, 7) is 6.14. The van der Waals surface area contributed by atoms with Crippen molar-refractivity contribution in [1.29, 1.82) is 0 Å². The molecule has 0 bridgehead atoms. The van der Waals surface area contributed by atoms with Crippen LogP contribution < -0.4 is 16.0 Å². The number of piperazine rings is 1. The van der Waals surface area contributed by atoms with Crippen LogP contribution in [-0.4, -0.2) is 37.4 Å². The van der Waals surface area contributed by atoms with Crippen LogP contribution in [0, 0.1) is 6.92 Å². The highest BCUT2D eigenvalue weighted by molar-refractivity contribution is 5.73. The lowest BCUT2D eigenvalue weighted by Crippen LogP contribution is -2.43. The smallest absolute Gasteiger partial charge is 0.152 e. The zero-order chi connectivity index (χ0) is 12.8. The van der Waals surface area contributed by atoms with E-state index in [1.807, 2.05) is 13.0 Å². The summed E-state index contributed by atoms with van der Waals surface area (Å²) in [4.78, 5) is 11.0. The number of nitrogens with two attached hydrogens (primary N) is 1. The molecule has 0 spiro atoms. The monoisotopic (exact) mass is 245 g/mol. The molecule has 1 aromatic rings. The molecule has 1 aromatic heterocycles. The van der Waals surface area contributed by atoms with E-state index in [9.17, 15) is 0 Å². The molecule has 0 amide bonds. The van der Waals surface area contributed by atoms with Gasteiger partial charge in [-0.2, -0.15) is 0 Å². The van der Waals surface area contributed by atoms with E-state index in [1.165, 1.54) is 11.9 Å². The summed E-state index contributed by atoms with van der Waals surface area (Å²) in [5, 5.41) is 3.34. The van der Waals surface area contributed by atoms with Gasteiger partial charge in [0.15, 0.2) is 5.82 Å². The predicted molar refractivity (Wildman–Crippen MR) is 75.5 cm³/mol. The van der Waals surface area contributed by atoms with E-state index in [0.717, 1.165) is 31.9 Å². The lowest BCUT2D eigenvalue weighted by Gasteiger charge is -2.30. The van der Waals surface area contributed by atoms with E-state index < -0.39 is 0 Å². The summed E-state index contributed by atoms with van der Waals surface area (Å²) >= 11 is 0. The molecule has 0 aliphatic carbocycles. The zero-order valence-corrected chi connectivity index (χ0v) is 10.6. The van der Waals surface area contributed by atoms with Crippen molar-refractivity contribution in [3.8, 4) is 0 Å². The average Bonchev–Trinajstić information content (AvgIpc) is 2.40. The second-order valence-electron chi connectivity index (χ2n) is 4.17. The molecule has 18 heavy (non-hydrogen) atoms. The third-order valence-electron chi connectivity index (χ3n) is 2.90. The van der Waals surface area contributed by atoms with Crippen molar-refractivity contribution in [3.63, 3.8) is 0 Å². The number of hydrogen-bond donors (Lipinski definition) is 2. The van der Waals surface area contributed by atoms with Crippen LogP contribution >= 0.6 is 0 Å². The van der Waals surface area contributed by atoms with E-state index in [0.29, 0.717) is 5.82 Å². The maximum Gasteiger partial charge on any atom is 0.152 e. The molecule has 5 nitrogen and oxygen atoms in total. The van der Waals surface area contributed by atoms with Crippen molar-refractivity contribution < 1.29 is 0 Å². The van der Waals surface area contributed by atoms with Crippen molar-refractivity contribution in [2.45, 2.75) is 6.92 Å². The van der Waals surface area contributed by atoms with Crippen LogP contribution in [0.4, 0.5) is 11.5 Å². The molecule has 3 N–H and O–H groups in total. The second kappa shape index (κ2) is 6.16. The van der Waals surface area contributed by atoms with Crippen molar-refractivity contribution >= 4 is 17.7 Å². The topological polar surface area (TPSA) is 66.5 Å². The Bertz CT molecular complexity index is 447. The van der Waals surface area contributed by atoms with Gasteiger partial charge in [-0.25, -0.2) is 9.98 Å². The highest BCUT2D eigenvalue weighted by Gasteiger charge is 2.13. The lowest BCUT2D eigenvalue weighted by molar-refractivity contribution is 0.588. The van der Waals surface area contributed by atoms with E-state index >= 15 is 0 Å². The maximum atomic E-state index is 5.24. The Morgan fingerprint density at radius 2 is 2.17 bits per heavy atom. The van der Waals surface area contributed by atoms with Crippen molar-refractivity contribution in [2.24, 2.45) is 10.7 Å². The first-order valence-electron chi connectivity index (χ1n) is 6.15. The Hall–Kier alpha value is -1.88. The Balaban J connectivity index is 2.13. The fourth-order valence-electron chi connectivity index (χ4n) is 2.02. The highest BCUT2D eigenvalue weighted by atomic mass is 15.2. The lowest BCUT2D eigenvalue weighted by atomic mass is 10.2. The first-order chi connectivity index (χ1) is 8.81. The minimum atomic E-state index is 0.712. The van der Waals surface area contributed by atoms with Crippen LogP contribution in [0.15, 0.2) is 29.4 Å². The molecule has 1 aliphatic rings. The van der Waals surface area contributed by atoms with Crippen molar-refractivity contribution in [1.82, 2.24) is 10.3 Å². The third kappa shape index (κ3) is 3.07. The Labute approximate surface area is 107 Å². The van der Waals surface area contributed by atoms with Crippen LogP contribution in [0.1, 0.15) is 5.69 Å². The van der Waals surface area contributed by atoms with Gasteiger partial charge in [-0.1, -0.05) is 0 Å². The number of pyridine rings is 1. The van der Waals surface area contributed by atoms with E-state index in [2.05, 4.69) is 26.3 Å². The van der Waals surface area contributed by atoms with E-state index in [-0.39, 0.29) is 0 Å². The number of allylic oxidation sites excluding steroid dienone is 1. The molecule has 96 valence electrons. The van der Waals surface area contributed by atoms with Crippen LogP contribution in [0.25, 0.3) is 0 Å². The Morgan fingerprint density at radius 1 is 1.39 bits per heavy atom. The summed E-state index contributed by atoms with van der Waals surface area (Å²) in [5.41, 5.74) is 7.46. The van der Waals surface area contributed by atoms with Gasteiger partial charge in [0, 0.05) is 32.4 Å². The predicted octanol–water partition coefficient (Wildman–Crippen LogP) is 0.974. The van der Waals surface area contributed by atoms with Gasteiger partial charge in [-0.3, -0.25) is 0 Å². The van der Waals surface area contributed by atoms with Gasteiger partial charge >= 0.3 is 0 Å². The summed E-state index contributed by atoms with van der Waals surface area (Å²) in [6.07, 6.45) is 4.78. The number of nitrogens with zero attached hydrogens (tertiary/aromatic N) is 3. The molecule has 0 unspecified atom stereocenters. The molecule has 5 heteroatoms. The summed E-state index contributed by atoms with van der Waals surface area (Å²) in [7, 11) is 0. The zero-order valence-electron chi connectivity index (χ0n) is 10.6. The molecule has 2 rings (SSSR count).